The molecule has 0 saturated heterocycles. The molecule has 1 aliphatic rings. The van der Waals surface area contributed by atoms with E-state index in [0.717, 1.165) is 38.9 Å². The zero-order valence-electron chi connectivity index (χ0n) is 26.1. The van der Waals surface area contributed by atoms with Crippen molar-refractivity contribution in [1.29, 1.82) is 0 Å². The van der Waals surface area contributed by atoms with Gasteiger partial charge in [-0.3, -0.25) is 14.1 Å². The summed E-state index contributed by atoms with van der Waals surface area (Å²) in [7, 11) is 0. The molecule has 0 amide bonds. The molecule has 5 nitrogen and oxygen atoms in total. The van der Waals surface area contributed by atoms with Crippen LogP contribution in [-0.4, -0.2) is 14.4 Å². The van der Waals surface area contributed by atoms with E-state index >= 15 is 0 Å². The Bertz CT molecular complexity index is 2570. The predicted octanol–water partition coefficient (Wildman–Crippen LogP) is 9.84. The first-order valence-corrected chi connectivity index (χ1v) is 15.9. The Hall–Kier alpha value is -6.07. The molecule has 1 aliphatic carbocycles. The second kappa shape index (κ2) is 10.2. The van der Waals surface area contributed by atoms with Gasteiger partial charge in [-0.25, -0.2) is 4.98 Å². The zero-order valence-corrected chi connectivity index (χ0v) is 26.1. The topological polar surface area (TPSA) is 50.5 Å². The van der Waals surface area contributed by atoms with Crippen LogP contribution < -0.4 is 10.5 Å². The first-order valence-electron chi connectivity index (χ1n) is 15.9. The van der Waals surface area contributed by atoms with Gasteiger partial charge in [-0.1, -0.05) is 117 Å². The van der Waals surface area contributed by atoms with Crippen molar-refractivity contribution < 1.29 is 0 Å². The summed E-state index contributed by atoms with van der Waals surface area (Å²) in [6.45, 7) is 4.60. The van der Waals surface area contributed by atoms with E-state index < -0.39 is 0 Å². The molecule has 6 aromatic carbocycles. The van der Waals surface area contributed by atoms with Crippen LogP contribution in [0.5, 0.6) is 0 Å². The molecule has 0 bridgehead atoms. The Kier molecular flexibility index (Phi) is 5.93. The highest BCUT2D eigenvalue weighted by atomic mass is 16.1. The summed E-state index contributed by atoms with van der Waals surface area (Å²) in [6.07, 6.45) is 0. The molecule has 0 unspecified atom stereocenters. The van der Waals surface area contributed by atoms with Crippen molar-refractivity contribution in [2.45, 2.75) is 19.3 Å². The van der Waals surface area contributed by atoms with Gasteiger partial charge in [0.1, 0.15) is 0 Å². The molecule has 2 heterocycles. The Balaban J connectivity index is 1.42. The van der Waals surface area contributed by atoms with Crippen LogP contribution in [0.25, 0.3) is 49.7 Å². The lowest BCUT2D eigenvalue weighted by Gasteiger charge is -2.29. The normalized spacial score (nSPS) is 13.1. The lowest BCUT2D eigenvalue weighted by molar-refractivity contribution is 0.660. The summed E-state index contributed by atoms with van der Waals surface area (Å²) in [4.78, 5) is 25.7. The average molecular weight is 607 g/mol. The van der Waals surface area contributed by atoms with Gasteiger partial charge in [-0.05, 0) is 70.3 Å². The van der Waals surface area contributed by atoms with Crippen LogP contribution in [0.2, 0.25) is 0 Å². The number of fused-ring (bicyclic) bond motifs is 8. The molecule has 8 aromatic rings. The number of hydrogen-bond acceptors (Lipinski definition) is 4. The van der Waals surface area contributed by atoms with Crippen LogP contribution in [0, 0.1) is 0 Å². The lowest BCUT2D eigenvalue weighted by atomic mass is 9.82. The fraction of sp³-hybridized carbons (Fsp3) is 0.0714. The van der Waals surface area contributed by atoms with E-state index in [-0.39, 0.29) is 11.0 Å². The fourth-order valence-electron chi connectivity index (χ4n) is 7.34. The second-order valence-corrected chi connectivity index (χ2v) is 12.6. The molecule has 0 aliphatic heterocycles. The molecule has 9 rings (SSSR count). The van der Waals surface area contributed by atoms with E-state index in [1.807, 2.05) is 54.6 Å². The van der Waals surface area contributed by atoms with Crippen molar-refractivity contribution in [3.05, 3.63) is 167 Å². The molecule has 0 spiro atoms. The van der Waals surface area contributed by atoms with Crippen LogP contribution in [0.3, 0.4) is 0 Å². The third kappa shape index (κ3) is 4.06. The SMILES string of the molecule is CC1(C)c2ccccc2-c2c(N(c3ccc(-c4ccccc4)cc3)c3nc4ccccc4c4nc(=O)c5ccccc5n34)cccc21. The van der Waals surface area contributed by atoms with Crippen molar-refractivity contribution in [3.63, 3.8) is 0 Å². The van der Waals surface area contributed by atoms with Crippen molar-refractivity contribution in [1.82, 2.24) is 14.4 Å². The smallest absolute Gasteiger partial charge is 0.280 e. The molecule has 2 aromatic heterocycles. The standard InChI is InChI=1S/C42H30N4O/c1-42(2)33-18-9-6-15-30(33)38-34(42)19-12-22-37(38)45(29-25-23-28(24-26-29)27-13-4-3-5-14-27)41-43-35-20-10-7-16-31(35)39-44-40(47)32-17-8-11-21-36(32)46(39)41/h3-26H,1-2H3. The summed E-state index contributed by atoms with van der Waals surface area (Å²) in [6, 6.07) is 49.9. The maximum absolute atomic E-state index is 13.4. The summed E-state index contributed by atoms with van der Waals surface area (Å²) in [5.74, 6) is 0.658. The van der Waals surface area contributed by atoms with Crippen molar-refractivity contribution in [2.24, 2.45) is 0 Å². The quantitative estimate of drug-likeness (QED) is 0.187. The number of rotatable bonds is 4. The number of para-hydroxylation sites is 2. The summed E-state index contributed by atoms with van der Waals surface area (Å²) in [5.41, 5.74) is 10.9. The minimum Gasteiger partial charge on any atom is -0.280 e. The Morgan fingerprint density at radius 3 is 2.09 bits per heavy atom. The number of hydrogen-bond donors (Lipinski definition) is 0. The van der Waals surface area contributed by atoms with Crippen LogP contribution in [-0.2, 0) is 5.41 Å². The van der Waals surface area contributed by atoms with E-state index in [9.17, 15) is 4.79 Å². The maximum atomic E-state index is 13.4. The molecule has 0 atom stereocenters. The van der Waals surface area contributed by atoms with Gasteiger partial charge >= 0.3 is 0 Å². The van der Waals surface area contributed by atoms with E-state index in [0.29, 0.717) is 17.0 Å². The van der Waals surface area contributed by atoms with E-state index in [1.54, 1.807) is 0 Å². The molecule has 224 valence electrons. The highest BCUT2D eigenvalue weighted by Crippen LogP contribution is 2.54. The van der Waals surface area contributed by atoms with Gasteiger partial charge < -0.3 is 0 Å². The van der Waals surface area contributed by atoms with Gasteiger partial charge in [-0.2, -0.15) is 4.98 Å². The number of nitrogens with zero attached hydrogens (tertiary/aromatic N) is 4. The van der Waals surface area contributed by atoms with E-state index in [1.165, 1.54) is 22.3 Å². The minimum atomic E-state index is -0.252. The third-order valence-electron chi connectivity index (χ3n) is 9.62. The summed E-state index contributed by atoms with van der Waals surface area (Å²) >= 11 is 0. The highest BCUT2D eigenvalue weighted by Gasteiger charge is 2.38. The Labute approximate surface area is 272 Å². The second-order valence-electron chi connectivity index (χ2n) is 12.6. The number of benzene rings is 6. The third-order valence-corrected chi connectivity index (χ3v) is 9.62. The predicted molar refractivity (Wildman–Crippen MR) is 192 cm³/mol. The monoisotopic (exact) mass is 606 g/mol. The Morgan fingerprint density at radius 1 is 0.596 bits per heavy atom. The van der Waals surface area contributed by atoms with Crippen LogP contribution in [0.15, 0.2) is 150 Å². The average Bonchev–Trinajstić information content (AvgIpc) is 3.36. The first-order chi connectivity index (χ1) is 23.0. The largest absolute Gasteiger partial charge is 0.281 e. The Morgan fingerprint density at radius 2 is 1.26 bits per heavy atom. The van der Waals surface area contributed by atoms with Crippen molar-refractivity contribution >= 4 is 44.8 Å². The van der Waals surface area contributed by atoms with Gasteiger partial charge in [0.05, 0.1) is 22.1 Å². The fourth-order valence-corrected chi connectivity index (χ4v) is 7.34. The molecule has 47 heavy (non-hydrogen) atoms. The molecule has 0 fully saturated rings. The van der Waals surface area contributed by atoms with Crippen molar-refractivity contribution in [2.75, 3.05) is 4.90 Å². The summed E-state index contributed by atoms with van der Waals surface area (Å²) < 4.78 is 2.05. The number of anilines is 3. The highest BCUT2D eigenvalue weighted by molar-refractivity contribution is 5.99. The minimum absolute atomic E-state index is 0.178. The van der Waals surface area contributed by atoms with Crippen molar-refractivity contribution in [3.8, 4) is 22.3 Å². The molecular weight excluding hydrogens is 576 g/mol. The molecule has 5 heteroatoms. The lowest BCUT2D eigenvalue weighted by Crippen LogP contribution is -2.20. The van der Waals surface area contributed by atoms with E-state index in [4.69, 9.17) is 4.98 Å². The molecule has 0 saturated carbocycles. The first kappa shape index (κ1) is 27.3. The van der Waals surface area contributed by atoms with E-state index in [2.05, 4.69) is 119 Å². The van der Waals surface area contributed by atoms with Gasteiger partial charge in [0.25, 0.3) is 5.56 Å². The van der Waals surface area contributed by atoms with Gasteiger partial charge in [0, 0.05) is 22.1 Å². The zero-order chi connectivity index (χ0) is 31.7. The van der Waals surface area contributed by atoms with Crippen LogP contribution in [0.1, 0.15) is 25.0 Å². The van der Waals surface area contributed by atoms with Crippen LogP contribution in [0.4, 0.5) is 17.3 Å². The van der Waals surface area contributed by atoms with Crippen LogP contribution >= 0.6 is 0 Å². The molecule has 0 radical (unpaired) electrons. The van der Waals surface area contributed by atoms with Gasteiger partial charge in [0.2, 0.25) is 5.95 Å². The van der Waals surface area contributed by atoms with Gasteiger partial charge in [0.15, 0.2) is 5.65 Å². The molecular formula is C42H30N4O. The summed E-state index contributed by atoms with van der Waals surface area (Å²) in [5, 5.41) is 1.37. The maximum Gasteiger partial charge on any atom is 0.281 e. The molecule has 0 N–H and O–H groups in total. The van der Waals surface area contributed by atoms with Gasteiger partial charge in [-0.15, -0.1) is 0 Å². The number of aromatic nitrogens is 3.